The van der Waals surface area contributed by atoms with Crippen molar-refractivity contribution in [3.63, 3.8) is 0 Å². The molecule has 1 N–H and O–H groups in total. The predicted octanol–water partition coefficient (Wildman–Crippen LogP) is 3.51. The summed E-state index contributed by atoms with van der Waals surface area (Å²) in [6.07, 6.45) is 1.10. The van der Waals surface area contributed by atoms with E-state index >= 15 is 0 Å². The van der Waals surface area contributed by atoms with E-state index in [0.717, 1.165) is 13.0 Å². The van der Waals surface area contributed by atoms with Crippen LogP contribution in [0.2, 0.25) is 0 Å². The molecule has 0 saturated carbocycles. The molecule has 3 heteroatoms. The Morgan fingerprint density at radius 3 is 2.69 bits per heavy atom. The van der Waals surface area contributed by atoms with Gasteiger partial charge in [-0.2, -0.15) is 5.26 Å². The molecule has 88 valence electrons. The first-order valence-electron chi connectivity index (χ1n) is 5.72. The second-order valence-corrected chi connectivity index (χ2v) is 5.96. The molecule has 0 aliphatic carbocycles. The van der Waals surface area contributed by atoms with Gasteiger partial charge in [-0.05, 0) is 39.3 Å². The maximum absolute atomic E-state index is 8.93. The van der Waals surface area contributed by atoms with Crippen molar-refractivity contribution in [1.29, 1.82) is 5.26 Å². The van der Waals surface area contributed by atoms with Crippen LogP contribution in [0.5, 0.6) is 0 Å². The van der Waals surface area contributed by atoms with Gasteiger partial charge >= 0.3 is 0 Å². The van der Waals surface area contributed by atoms with Crippen LogP contribution in [0.1, 0.15) is 43.5 Å². The summed E-state index contributed by atoms with van der Waals surface area (Å²) >= 11 is 1.85. The van der Waals surface area contributed by atoms with Crippen LogP contribution in [0, 0.1) is 16.7 Å². The largest absolute Gasteiger partial charge is 0.308 e. The van der Waals surface area contributed by atoms with Crippen LogP contribution in [0.3, 0.4) is 0 Å². The maximum Gasteiger partial charge on any atom is 0.0697 e. The van der Waals surface area contributed by atoms with Crippen LogP contribution >= 0.6 is 11.3 Å². The summed E-state index contributed by atoms with van der Waals surface area (Å²) in [7, 11) is 0. The standard InChI is InChI=1S/C13H20N2S/c1-5-11-6-7-12(16-11)10(2)15-9-13(3,4)8-14/h6-7,10,15H,5,9H2,1-4H3. The number of hydrogen-bond donors (Lipinski definition) is 1. The van der Waals surface area contributed by atoms with Crippen molar-refractivity contribution < 1.29 is 0 Å². The smallest absolute Gasteiger partial charge is 0.0697 e. The van der Waals surface area contributed by atoms with E-state index in [1.54, 1.807) is 0 Å². The SMILES string of the molecule is CCc1ccc(C(C)NCC(C)(C)C#N)s1. The third kappa shape index (κ3) is 3.62. The number of nitrogens with one attached hydrogen (secondary N) is 1. The maximum atomic E-state index is 8.93. The minimum atomic E-state index is -0.293. The third-order valence-corrected chi connectivity index (χ3v) is 4.02. The van der Waals surface area contributed by atoms with Crippen LogP contribution in [0.4, 0.5) is 0 Å². The fourth-order valence-electron chi connectivity index (χ4n) is 1.37. The Kier molecular flexibility index (Phi) is 4.52. The van der Waals surface area contributed by atoms with Gasteiger partial charge in [0.05, 0.1) is 11.5 Å². The van der Waals surface area contributed by atoms with Gasteiger partial charge in [0.15, 0.2) is 0 Å². The van der Waals surface area contributed by atoms with Crippen molar-refractivity contribution >= 4 is 11.3 Å². The van der Waals surface area contributed by atoms with Crippen molar-refractivity contribution in [2.24, 2.45) is 5.41 Å². The van der Waals surface area contributed by atoms with Crippen LogP contribution < -0.4 is 5.32 Å². The molecular formula is C13H20N2S. The molecule has 0 amide bonds. The number of nitriles is 1. The van der Waals surface area contributed by atoms with E-state index < -0.39 is 0 Å². The highest BCUT2D eigenvalue weighted by Gasteiger charge is 2.18. The summed E-state index contributed by atoms with van der Waals surface area (Å²) in [6.45, 7) is 8.96. The Bertz CT molecular complexity index is 374. The number of rotatable bonds is 5. The zero-order valence-corrected chi connectivity index (χ0v) is 11.3. The van der Waals surface area contributed by atoms with E-state index in [9.17, 15) is 0 Å². The van der Waals surface area contributed by atoms with E-state index in [4.69, 9.17) is 5.26 Å². The Morgan fingerprint density at radius 2 is 2.19 bits per heavy atom. The highest BCUT2D eigenvalue weighted by Crippen LogP contribution is 2.24. The molecule has 2 nitrogen and oxygen atoms in total. The molecule has 1 atom stereocenters. The average molecular weight is 236 g/mol. The van der Waals surface area contributed by atoms with Gasteiger partial charge in [0.2, 0.25) is 0 Å². The van der Waals surface area contributed by atoms with Crippen LogP contribution in [0.25, 0.3) is 0 Å². The number of aryl methyl sites for hydroxylation is 1. The Balaban J connectivity index is 2.53. The second kappa shape index (κ2) is 5.47. The minimum absolute atomic E-state index is 0.293. The quantitative estimate of drug-likeness (QED) is 0.849. The highest BCUT2D eigenvalue weighted by atomic mass is 32.1. The Morgan fingerprint density at radius 1 is 1.50 bits per heavy atom. The lowest BCUT2D eigenvalue weighted by Gasteiger charge is -2.19. The minimum Gasteiger partial charge on any atom is -0.308 e. The zero-order valence-electron chi connectivity index (χ0n) is 10.5. The van der Waals surface area contributed by atoms with Crippen LogP contribution in [-0.2, 0) is 6.42 Å². The molecule has 0 aliphatic rings. The molecule has 1 rings (SSSR count). The first-order chi connectivity index (χ1) is 7.48. The Labute approximate surface area is 102 Å². The summed E-state index contributed by atoms with van der Waals surface area (Å²) in [5, 5.41) is 12.3. The molecule has 1 aromatic rings. The molecule has 0 fully saturated rings. The van der Waals surface area contributed by atoms with Gasteiger partial charge in [0.1, 0.15) is 0 Å². The molecule has 0 aliphatic heterocycles. The fourth-order valence-corrected chi connectivity index (χ4v) is 2.34. The van der Waals surface area contributed by atoms with E-state index in [1.807, 2.05) is 25.2 Å². The molecule has 0 spiro atoms. The third-order valence-electron chi connectivity index (χ3n) is 2.61. The van der Waals surface area contributed by atoms with Gasteiger partial charge in [0.25, 0.3) is 0 Å². The van der Waals surface area contributed by atoms with E-state index in [-0.39, 0.29) is 5.41 Å². The van der Waals surface area contributed by atoms with E-state index in [1.165, 1.54) is 9.75 Å². The topological polar surface area (TPSA) is 35.8 Å². The van der Waals surface area contributed by atoms with Crippen molar-refractivity contribution in [3.05, 3.63) is 21.9 Å². The first-order valence-corrected chi connectivity index (χ1v) is 6.53. The fraction of sp³-hybridized carbons (Fsp3) is 0.615. The van der Waals surface area contributed by atoms with Gasteiger partial charge in [-0.1, -0.05) is 6.92 Å². The van der Waals surface area contributed by atoms with Gasteiger partial charge < -0.3 is 5.32 Å². The summed E-state index contributed by atoms with van der Waals surface area (Å²) in [5.74, 6) is 0. The second-order valence-electron chi connectivity index (χ2n) is 4.76. The summed E-state index contributed by atoms with van der Waals surface area (Å²) < 4.78 is 0. The number of hydrogen-bond acceptors (Lipinski definition) is 3. The number of thiophene rings is 1. The van der Waals surface area contributed by atoms with Gasteiger partial charge in [-0.25, -0.2) is 0 Å². The highest BCUT2D eigenvalue weighted by molar-refractivity contribution is 7.12. The molecule has 0 saturated heterocycles. The van der Waals surface area contributed by atoms with E-state index in [0.29, 0.717) is 6.04 Å². The normalized spacial score (nSPS) is 13.4. The molecule has 1 heterocycles. The molecule has 0 aromatic carbocycles. The molecule has 1 aromatic heterocycles. The lowest BCUT2D eigenvalue weighted by molar-refractivity contribution is 0.417. The van der Waals surface area contributed by atoms with Crippen molar-refractivity contribution in [2.75, 3.05) is 6.54 Å². The lowest BCUT2D eigenvalue weighted by atomic mass is 9.95. The van der Waals surface area contributed by atoms with Gasteiger partial charge in [0, 0.05) is 22.3 Å². The zero-order chi connectivity index (χ0) is 12.2. The van der Waals surface area contributed by atoms with Crippen molar-refractivity contribution in [3.8, 4) is 6.07 Å². The summed E-state index contributed by atoms with van der Waals surface area (Å²) in [4.78, 5) is 2.77. The van der Waals surface area contributed by atoms with Crippen LogP contribution in [0.15, 0.2) is 12.1 Å². The van der Waals surface area contributed by atoms with Crippen molar-refractivity contribution in [1.82, 2.24) is 5.32 Å². The van der Waals surface area contributed by atoms with Gasteiger partial charge in [-0.3, -0.25) is 0 Å². The number of nitrogens with zero attached hydrogens (tertiary/aromatic N) is 1. The average Bonchev–Trinajstić information content (AvgIpc) is 2.74. The van der Waals surface area contributed by atoms with E-state index in [2.05, 4.69) is 37.4 Å². The summed E-state index contributed by atoms with van der Waals surface area (Å²) in [6, 6.07) is 7.01. The molecule has 0 bridgehead atoms. The first kappa shape index (κ1) is 13.2. The molecule has 1 unspecified atom stereocenters. The Hall–Kier alpha value is -0.850. The summed E-state index contributed by atoms with van der Waals surface area (Å²) in [5.41, 5.74) is -0.293. The van der Waals surface area contributed by atoms with Crippen LogP contribution in [-0.4, -0.2) is 6.54 Å². The lowest BCUT2D eigenvalue weighted by Crippen LogP contribution is -2.29. The van der Waals surface area contributed by atoms with Gasteiger partial charge in [-0.15, -0.1) is 11.3 Å². The van der Waals surface area contributed by atoms with Crippen molar-refractivity contribution in [2.45, 2.75) is 40.2 Å². The molecular weight excluding hydrogens is 216 g/mol. The molecule has 16 heavy (non-hydrogen) atoms. The monoisotopic (exact) mass is 236 g/mol. The predicted molar refractivity (Wildman–Crippen MR) is 69.5 cm³/mol. The molecule has 0 radical (unpaired) electrons.